The first kappa shape index (κ1) is 20.2. The van der Waals surface area contributed by atoms with E-state index in [1.54, 1.807) is 47.5 Å². The number of halogens is 2. The van der Waals surface area contributed by atoms with E-state index in [9.17, 15) is 4.79 Å². The van der Waals surface area contributed by atoms with Crippen LogP contribution in [0.5, 0.6) is 5.75 Å². The SMILES string of the molecule is COc1ccc(Cc2ccc(CN3CCNC3=O)nc2)c(F)c1-c1cccc(Cl)c1. The summed E-state index contributed by atoms with van der Waals surface area (Å²) in [6.07, 6.45) is 2.12. The molecule has 4 rings (SSSR count). The maximum Gasteiger partial charge on any atom is 0.317 e. The van der Waals surface area contributed by atoms with Crippen LogP contribution in [0.3, 0.4) is 0 Å². The highest BCUT2D eigenvalue weighted by atomic mass is 35.5. The molecular formula is C23H21ClFN3O2. The Balaban J connectivity index is 1.57. The summed E-state index contributed by atoms with van der Waals surface area (Å²) in [5.41, 5.74) is 3.27. The zero-order valence-electron chi connectivity index (χ0n) is 16.5. The Morgan fingerprint density at radius 2 is 2.10 bits per heavy atom. The lowest BCUT2D eigenvalue weighted by Gasteiger charge is -2.15. The first-order valence-corrected chi connectivity index (χ1v) is 10.0. The number of carbonyl (C=O) groups excluding carboxylic acids is 1. The number of nitrogens with one attached hydrogen (secondary N) is 1. The maximum absolute atomic E-state index is 15.4. The molecule has 154 valence electrons. The lowest BCUT2D eigenvalue weighted by atomic mass is 9.97. The third-order valence-corrected chi connectivity index (χ3v) is 5.33. The number of pyridine rings is 1. The molecule has 3 aromatic rings. The summed E-state index contributed by atoms with van der Waals surface area (Å²) in [7, 11) is 1.52. The van der Waals surface area contributed by atoms with Gasteiger partial charge in [-0.05, 0) is 41.0 Å². The molecule has 5 nitrogen and oxygen atoms in total. The second-order valence-corrected chi connectivity index (χ2v) is 7.55. The summed E-state index contributed by atoms with van der Waals surface area (Å²) in [6, 6.07) is 14.3. The van der Waals surface area contributed by atoms with Gasteiger partial charge in [0, 0.05) is 30.7 Å². The van der Waals surface area contributed by atoms with E-state index < -0.39 is 0 Å². The molecule has 0 aliphatic carbocycles. The maximum atomic E-state index is 15.4. The molecule has 0 spiro atoms. The van der Waals surface area contributed by atoms with Crippen molar-refractivity contribution >= 4 is 17.6 Å². The number of benzene rings is 2. The zero-order valence-corrected chi connectivity index (χ0v) is 17.2. The summed E-state index contributed by atoms with van der Waals surface area (Å²) in [6.45, 7) is 1.79. The fourth-order valence-electron chi connectivity index (χ4n) is 3.55. The molecule has 2 aromatic carbocycles. The number of aromatic nitrogens is 1. The van der Waals surface area contributed by atoms with Crippen molar-refractivity contribution in [2.75, 3.05) is 20.2 Å². The lowest BCUT2D eigenvalue weighted by molar-refractivity contribution is 0.215. The molecule has 0 radical (unpaired) electrons. The van der Waals surface area contributed by atoms with Gasteiger partial charge in [-0.25, -0.2) is 9.18 Å². The molecule has 1 aliphatic rings. The Hall–Kier alpha value is -3.12. The fraction of sp³-hybridized carbons (Fsp3) is 0.217. The summed E-state index contributed by atoms with van der Waals surface area (Å²) >= 11 is 6.10. The molecule has 30 heavy (non-hydrogen) atoms. The van der Waals surface area contributed by atoms with Gasteiger partial charge in [0.25, 0.3) is 0 Å². The third kappa shape index (κ3) is 4.24. The smallest absolute Gasteiger partial charge is 0.317 e. The molecule has 7 heteroatoms. The predicted molar refractivity (Wildman–Crippen MR) is 114 cm³/mol. The standard InChI is InChI=1S/C23H21ClFN3O2/c1-30-20-8-6-17(22(25)21(20)16-3-2-4-18(24)12-16)11-15-5-7-19(27-13-15)14-28-10-9-26-23(28)29/h2-8,12-13H,9-11,14H2,1H3,(H,26,29). The van der Waals surface area contributed by atoms with Gasteiger partial charge in [-0.15, -0.1) is 0 Å². The Morgan fingerprint density at radius 3 is 2.77 bits per heavy atom. The van der Waals surface area contributed by atoms with E-state index in [0.29, 0.717) is 53.5 Å². The van der Waals surface area contributed by atoms with Crippen molar-refractivity contribution in [3.8, 4) is 16.9 Å². The molecule has 1 aliphatic heterocycles. The van der Waals surface area contributed by atoms with Crippen LogP contribution in [0.25, 0.3) is 11.1 Å². The van der Waals surface area contributed by atoms with Crippen LogP contribution in [-0.4, -0.2) is 36.1 Å². The van der Waals surface area contributed by atoms with E-state index in [0.717, 1.165) is 11.3 Å². The highest BCUT2D eigenvalue weighted by Gasteiger charge is 2.20. The second kappa shape index (κ2) is 8.71. The minimum atomic E-state index is -0.338. The summed E-state index contributed by atoms with van der Waals surface area (Å²) in [5.74, 6) is 0.116. The minimum absolute atomic E-state index is 0.0743. The number of ether oxygens (including phenoxy) is 1. The van der Waals surface area contributed by atoms with Gasteiger partial charge in [0.2, 0.25) is 0 Å². The average molecular weight is 426 g/mol. The van der Waals surface area contributed by atoms with Gasteiger partial charge < -0.3 is 15.0 Å². The van der Waals surface area contributed by atoms with Gasteiger partial charge in [0.15, 0.2) is 0 Å². The van der Waals surface area contributed by atoms with Crippen LogP contribution in [0.2, 0.25) is 5.02 Å². The van der Waals surface area contributed by atoms with Crippen LogP contribution in [0.15, 0.2) is 54.7 Å². The topological polar surface area (TPSA) is 54.5 Å². The van der Waals surface area contributed by atoms with Crippen molar-refractivity contribution in [2.45, 2.75) is 13.0 Å². The van der Waals surface area contributed by atoms with Gasteiger partial charge >= 0.3 is 6.03 Å². The summed E-state index contributed by atoms with van der Waals surface area (Å²) in [5, 5.41) is 3.30. The predicted octanol–water partition coefficient (Wildman–Crippen LogP) is 4.67. The van der Waals surface area contributed by atoms with Crippen molar-refractivity contribution in [1.82, 2.24) is 15.2 Å². The largest absolute Gasteiger partial charge is 0.496 e. The normalized spacial score (nSPS) is 13.4. The molecule has 0 saturated carbocycles. The van der Waals surface area contributed by atoms with Crippen molar-refractivity contribution in [2.24, 2.45) is 0 Å². The molecule has 0 unspecified atom stereocenters. The van der Waals surface area contributed by atoms with Crippen LogP contribution in [0.4, 0.5) is 9.18 Å². The van der Waals surface area contributed by atoms with Crippen molar-refractivity contribution < 1.29 is 13.9 Å². The van der Waals surface area contributed by atoms with Crippen molar-refractivity contribution in [1.29, 1.82) is 0 Å². The van der Waals surface area contributed by atoms with Gasteiger partial charge in [0.05, 0.1) is 24.9 Å². The molecule has 0 atom stereocenters. The summed E-state index contributed by atoms with van der Waals surface area (Å²) in [4.78, 5) is 17.8. The fourth-order valence-corrected chi connectivity index (χ4v) is 3.74. The first-order chi connectivity index (χ1) is 14.5. The van der Waals surface area contributed by atoms with E-state index in [-0.39, 0.29) is 11.8 Å². The van der Waals surface area contributed by atoms with Crippen molar-refractivity contribution in [3.05, 3.63) is 82.4 Å². The van der Waals surface area contributed by atoms with E-state index in [2.05, 4.69) is 10.3 Å². The Bertz CT molecular complexity index is 1070. The quantitative estimate of drug-likeness (QED) is 0.624. The molecule has 1 N–H and O–H groups in total. The molecular weight excluding hydrogens is 405 g/mol. The molecule has 2 amide bonds. The number of nitrogens with zero attached hydrogens (tertiary/aromatic N) is 2. The van der Waals surface area contributed by atoms with Gasteiger partial charge in [0.1, 0.15) is 11.6 Å². The van der Waals surface area contributed by atoms with E-state index >= 15 is 4.39 Å². The monoisotopic (exact) mass is 425 g/mol. The lowest BCUT2D eigenvalue weighted by Crippen LogP contribution is -2.27. The number of amides is 2. The Kier molecular flexibility index (Phi) is 5.86. The molecule has 1 fully saturated rings. The number of methoxy groups -OCH3 is 1. The van der Waals surface area contributed by atoms with Crippen LogP contribution in [-0.2, 0) is 13.0 Å². The van der Waals surface area contributed by atoms with Gasteiger partial charge in [-0.2, -0.15) is 0 Å². The van der Waals surface area contributed by atoms with Crippen LogP contribution < -0.4 is 10.1 Å². The second-order valence-electron chi connectivity index (χ2n) is 7.11. The number of hydrogen-bond donors (Lipinski definition) is 1. The Labute approximate surface area is 179 Å². The van der Waals surface area contributed by atoms with E-state index in [1.165, 1.54) is 7.11 Å². The van der Waals surface area contributed by atoms with Crippen molar-refractivity contribution in [3.63, 3.8) is 0 Å². The zero-order chi connectivity index (χ0) is 21.1. The summed E-state index contributed by atoms with van der Waals surface area (Å²) < 4.78 is 20.8. The van der Waals surface area contributed by atoms with Crippen LogP contribution in [0, 0.1) is 5.82 Å². The average Bonchev–Trinajstić information content (AvgIpc) is 3.15. The molecule has 1 aromatic heterocycles. The highest BCUT2D eigenvalue weighted by molar-refractivity contribution is 6.30. The van der Waals surface area contributed by atoms with Gasteiger partial charge in [-0.1, -0.05) is 35.9 Å². The number of urea groups is 1. The highest BCUT2D eigenvalue weighted by Crippen LogP contribution is 2.36. The minimum Gasteiger partial charge on any atom is -0.496 e. The first-order valence-electron chi connectivity index (χ1n) is 9.63. The van der Waals surface area contributed by atoms with E-state index in [1.807, 2.05) is 12.1 Å². The van der Waals surface area contributed by atoms with Crippen LogP contribution >= 0.6 is 11.6 Å². The number of rotatable bonds is 6. The van der Waals surface area contributed by atoms with Gasteiger partial charge in [-0.3, -0.25) is 4.98 Å². The number of hydrogen-bond acceptors (Lipinski definition) is 3. The van der Waals surface area contributed by atoms with E-state index in [4.69, 9.17) is 16.3 Å². The molecule has 2 heterocycles. The molecule has 0 bridgehead atoms. The number of carbonyl (C=O) groups is 1. The van der Waals surface area contributed by atoms with Crippen LogP contribution in [0.1, 0.15) is 16.8 Å². The molecule has 1 saturated heterocycles. The third-order valence-electron chi connectivity index (χ3n) is 5.10. The Morgan fingerprint density at radius 1 is 1.23 bits per heavy atom.